The molecule has 0 aliphatic heterocycles. The fraction of sp³-hybridized carbons (Fsp3) is 0.545. The number of hydrogen-bond donors (Lipinski definition) is 1. The average Bonchev–Trinajstić information content (AvgIpc) is 2.20. The van der Waals surface area contributed by atoms with E-state index in [1.807, 2.05) is 6.07 Å². The first kappa shape index (κ1) is 11.5. The highest BCUT2D eigenvalue weighted by molar-refractivity contribution is 9.09. The summed E-state index contributed by atoms with van der Waals surface area (Å²) in [5.74, 6) is 0.676. The Hall–Kier alpha value is -0.570. The van der Waals surface area contributed by atoms with Crippen molar-refractivity contribution in [3.05, 3.63) is 23.9 Å². The maximum Gasteiger partial charge on any atom is 0.126 e. The predicted octanol–water partition coefficient (Wildman–Crippen LogP) is 3.16. The number of anilines is 1. The van der Waals surface area contributed by atoms with Gasteiger partial charge >= 0.3 is 0 Å². The van der Waals surface area contributed by atoms with Crippen LogP contribution in [0.4, 0.5) is 5.82 Å². The molecule has 3 heteroatoms. The summed E-state index contributed by atoms with van der Waals surface area (Å²) in [4.78, 5) is 4.70. The fourth-order valence-corrected chi connectivity index (χ4v) is 1.70. The van der Waals surface area contributed by atoms with E-state index in [4.69, 9.17) is 5.73 Å². The molecule has 0 bridgehead atoms. The number of nitrogen functional groups attached to an aromatic ring is 1. The molecule has 14 heavy (non-hydrogen) atoms. The van der Waals surface area contributed by atoms with Crippen LogP contribution in [0.2, 0.25) is 0 Å². The van der Waals surface area contributed by atoms with Crippen LogP contribution in [0.3, 0.4) is 0 Å². The molecule has 0 saturated heterocycles. The molecule has 0 saturated carbocycles. The van der Waals surface area contributed by atoms with E-state index in [1.54, 1.807) is 6.20 Å². The van der Waals surface area contributed by atoms with E-state index in [9.17, 15) is 0 Å². The molecule has 2 N–H and O–H groups in total. The van der Waals surface area contributed by atoms with Gasteiger partial charge in [-0.1, -0.05) is 28.9 Å². The summed E-state index contributed by atoms with van der Waals surface area (Å²) in [5.41, 5.74) is 6.92. The molecule has 0 fully saturated rings. The van der Waals surface area contributed by atoms with Crippen LogP contribution in [0.1, 0.15) is 31.7 Å². The number of aromatic nitrogens is 1. The lowest BCUT2D eigenvalue weighted by Gasteiger charge is -2.07. The Kier molecular flexibility index (Phi) is 4.94. The minimum absolute atomic E-state index is 0.639. The van der Waals surface area contributed by atoms with E-state index in [1.165, 1.54) is 24.8 Å². The molecule has 0 aromatic carbocycles. The summed E-state index contributed by atoms with van der Waals surface area (Å²) in [7, 11) is 0. The van der Waals surface area contributed by atoms with Crippen LogP contribution in [-0.4, -0.2) is 9.81 Å². The maximum atomic E-state index is 5.75. The zero-order valence-corrected chi connectivity index (χ0v) is 10.1. The van der Waals surface area contributed by atoms with Crippen molar-refractivity contribution in [3.63, 3.8) is 0 Å². The molecule has 2 nitrogen and oxygen atoms in total. The Morgan fingerprint density at radius 2 is 2.36 bits per heavy atom. The summed E-state index contributed by atoms with van der Waals surface area (Å²) in [6.45, 7) is 2.19. The van der Waals surface area contributed by atoms with E-state index in [0.717, 1.165) is 6.42 Å². The Morgan fingerprint density at radius 3 is 3.00 bits per heavy atom. The lowest BCUT2D eigenvalue weighted by molar-refractivity contribution is 0.689. The lowest BCUT2D eigenvalue weighted by atomic mass is 10.1. The van der Waals surface area contributed by atoms with Gasteiger partial charge in [-0.15, -0.1) is 0 Å². The van der Waals surface area contributed by atoms with Crippen LogP contribution in [0.15, 0.2) is 18.3 Å². The number of nitrogens with two attached hydrogens (primary N) is 1. The Labute approximate surface area is 94.0 Å². The van der Waals surface area contributed by atoms with E-state index in [0.29, 0.717) is 10.6 Å². The van der Waals surface area contributed by atoms with Crippen LogP contribution in [0.5, 0.6) is 0 Å². The van der Waals surface area contributed by atoms with Crippen molar-refractivity contribution in [3.8, 4) is 0 Å². The number of aryl methyl sites for hydroxylation is 1. The number of pyridine rings is 1. The molecule has 1 aromatic rings. The highest BCUT2D eigenvalue weighted by atomic mass is 79.9. The normalized spacial score (nSPS) is 12.7. The highest BCUT2D eigenvalue weighted by Crippen LogP contribution is 2.16. The van der Waals surface area contributed by atoms with Gasteiger partial charge in [0.05, 0.1) is 0 Å². The minimum Gasteiger partial charge on any atom is -0.383 e. The number of hydrogen-bond acceptors (Lipinski definition) is 2. The quantitative estimate of drug-likeness (QED) is 0.823. The van der Waals surface area contributed by atoms with Gasteiger partial charge in [-0.05, 0) is 37.3 Å². The highest BCUT2D eigenvalue weighted by Gasteiger charge is 2.02. The number of alkyl halides is 1. The summed E-state index contributed by atoms with van der Waals surface area (Å²) in [6, 6.07) is 3.99. The van der Waals surface area contributed by atoms with Crippen LogP contribution in [-0.2, 0) is 6.42 Å². The lowest BCUT2D eigenvalue weighted by Crippen LogP contribution is -2.00. The largest absolute Gasteiger partial charge is 0.383 e. The van der Waals surface area contributed by atoms with Gasteiger partial charge in [0.15, 0.2) is 0 Å². The van der Waals surface area contributed by atoms with Crippen molar-refractivity contribution in [1.82, 2.24) is 4.98 Å². The topological polar surface area (TPSA) is 38.9 Å². The monoisotopic (exact) mass is 256 g/mol. The molecule has 0 unspecified atom stereocenters. The molecule has 1 aromatic heterocycles. The van der Waals surface area contributed by atoms with Gasteiger partial charge in [0.25, 0.3) is 0 Å². The third-order valence-electron chi connectivity index (χ3n) is 2.33. The zero-order valence-electron chi connectivity index (χ0n) is 8.54. The first-order valence-electron chi connectivity index (χ1n) is 5.07. The van der Waals surface area contributed by atoms with E-state index in [2.05, 4.69) is 33.9 Å². The molecule has 1 rings (SSSR count). The maximum absolute atomic E-state index is 5.75. The molecule has 0 aliphatic carbocycles. The Morgan fingerprint density at radius 1 is 1.57 bits per heavy atom. The molecule has 0 spiro atoms. The summed E-state index contributed by atoms with van der Waals surface area (Å²) >= 11 is 3.62. The van der Waals surface area contributed by atoms with Gasteiger partial charge in [-0.2, -0.15) is 0 Å². The number of rotatable bonds is 5. The second-order valence-electron chi connectivity index (χ2n) is 3.45. The van der Waals surface area contributed by atoms with Crippen LogP contribution >= 0.6 is 15.9 Å². The Balaban J connectivity index is 2.35. The van der Waals surface area contributed by atoms with Crippen LogP contribution in [0.25, 0.3) is 0 Å². The molecular weight excluding hydrogens is 240 g/mol. The third kappa shape index (κ3) is 3.66. The first-order chi connectivity index (χ1) is 6.74. The van der Waals surface area contributed by atoms with Gasteiger partial charge in [0, 0.05) is 11.0 Å². The van der Waals surface area contributed by atoms with Crippen molar-refractivity contribution >= 4 is 21.7 Å². The van der Waals surface area contributed by atoms with Gasteiger partial charge in [-0.25, -0.2) is 4.98 Å². The summed E-state index contributed by atoms with van der Waals surface area (Å²) in [5, 5.41) is 0. The van der Waals surface area contributed by atoms with Gasteiger partial charge in [0.2, 0.25) is 0 Å². The minimum atomic E-state index is 0.639. The molecule has 0 amide bonds. The van der Waals surface area contributed by atoms with E-state index < -0.39 is 0 Å². The molecule has 0 aliphatic rings. The number of nitrogens with zero attached hydrogens (tertiary/aromatic N) is 1. The van der Waals surface area contributed by atoms with Gasteiger partial charge in [0.1, 0.15) is 5.82 Å². The fourth-order valence-electron chi connectivity index (χ4n) is 1.38. The van der Waals surface area contributed by atoms with Crippen molar-refractivity contribution in [2.75, 3.05) is 5.73 Å². The number of halogens is 1. The van der Waals surface area contributed by atoms with Crippen molar-refractivity contribution in [1.29, 1.82) is 0 Å². The average molecular weight is 257 g/mol. The SMILES string of the molecule is CC[C@H](Br)CCCc1cccnc1N. The second-order valence-corrected chi connectivity index (χ2v) is 4.74. The smallest absolute Gasteiger partial charge is 0.126 e. The first-order valence-corrected chi connectivity index (χ1v) is 5.99. The Bertz CT molecular complexity index is 276. The summed E-state index contributed by atoms with van der Waals surface area (Å²) in [6.07, 6.45) is 6.31. The van der Waals surface area contributed by atoms with Gasteiger partial charge in [-0.3, -0.25) is 0 Å². The van der Waals surface area contributed by atoms with Crippen molar-refractivity contribution in [2.45, 2.75) is 37.4 Å². The molecular formula is C11H17BrN2. The standard InChI is InChI=1S/C11H17BrN2/c1-2-10(12)7-3-5-9-6-4-8-14-11(9)13/h4,6,8,10H,2-3,5,7H2,1H3,(H2,13,14)/t10-/m0/s1. The second kappa shape index (κ2) is 6.02. The molecule has 1 atom stereocenters. The van der Waals surface area contributed by atoms with Crippen molar-refractivity contribution < 1.29 is 0 Å². The zero-order chi connectivity index (χ0) is 10.4. The van der Waals surface area contributed by atoms with Crippen LogP contribution < -0.4 is 5.73 Å². The predicted molar refractivity (Wildman–Crippen MR) is 64.6 cm³/mol. The molecule has 1 heterocycles. The summed E-state index contributed by atoms with van der Waals surface area (Å²) < 4.78 is 0. The van der Waals surface area contributed by atoms with Gasteiger partial charge < -0.3 is 5.73 Å². The molecule has 78 valence electrons. The van der Waals surface area contributed by atoms with Crippen LogP contribution in [0, 0.1) is 0 Å². The molecule has 0 radical (unpaired) electrons. The third-order valence-corrected chi connectivity index (χ3v) is 3.44. The van der Waals surface area contributed by atoms with Crippen molar-refractivity contribution in [2.24, 2.45) is 0 Å². The van der Waals surface area contributed by atoms with E-state index in [-0.39, 0.29) is 0 Å². The van der Waals surface area contributed by atoms with E-state index >= 15 is 0 Å².